The van der Waals surface area contributed by atoms with Crippen LogP contribution in [0.2, 0.25) is 5.02 Å². The summed E-state index contributed by atoms with van der Waals surface area (Å²) in [6, 6.07) is 16.4. The standard InChI is InChI=1S/C27H27ClN2O3S/c1-3-13-29(27(32)20-7-5-4-6-8-20)17-26(31)30-14-11-25-22(12-15-34-25)24(30)18-33-21-9-10-23(28)19(2)16-21/h3-10,12,15-16,24H,1,11,13-14,17-18H2,2H3/t24-/m0/s1. The molecule has 0 spiro atoms. The third-order valence-corrected chi connectivity index (χ3v) is 7.36. The average molecular weight is 495 g/mol. The van der Waals surface area contributed by atoms with Gasteiger partial charge in [0.15, 0.2) is 0 Å². The topological polar surface area (TPSA) is 49.9 Å². The number of rotatable bonds is 8. The van der Waals surface area contributed by atoms with E-state index < -0.39 is 0 Å². The van der Waals surface area contributed by atoms with Crippen molar-refractivity contribution in [3.63, 3.8) is 0 Å². The normalized spacial score (nSPS) is 14.9. The Morgan fingerprint density at radius 3 is 2.76 bits per heavy atom. The van der Waals surface area contributed by atoms with E-state index in [0.29, 0.717) is 36.0 Å². The maximum absolute atomic E-state index is 13.5. The minimum Gasteiger partial charge on any atom is -0.491 e. The van der Waals surface area contributed by atoms with Crippen LogP contribution in [0.1, 0.15) is 32.4 Å². The predicted octanol–water partition coefficient (Wildman–Crippen LogP) is 5.54. The second-order valence-electron chi connectivity index (χ2n) is 8.21. The van der Waals surface area contributed by atoms with Crippen LogP contribution in [-0.4, -0.2) is 47.9 Å². The molecule has 0 unspecified atom stereocenters. The van der Waals surface area contributed by atoms with Crippen LogP contribution in [0.4, 0.5) is 0 Å². The molecule has 0 aliphatic carbocycles. The fraction of sp³-hybridized carbons (Fsp3) is 0.259. The van der Waals surface area contributed by atoms with Gasteiger partial charge < -0.3 is 14.5 Å². The lowest BCUT2D eigenvalue weighted by Gasteiger charge is -2.37. The highest BCUT2D eigenvalue weighted by Gasteiger charge is 2.33. The number of thiophene rings is 1. The second kappa shape index (κ2) is 10.9. The Balaban J connectivity index is 1.52. The Kier molecular flexibility index (Phi) is 7.70. The van der Waals surface area contributed by atoms with Crippen LogP contribution >= 0.6 is 22.9 Å². The zero-order chi connectivity index (χ0) is 24.1. The number of hydrogen-bond acceptors (Lipinski definition) is 4. The third kappa shape index (κ3) is 5.34. The summed E-state index contributed by atoms with van der Waals surface area (Å²) < 4.78 is 6.11. The molecule has 2 amide bonds. The summed E-state index contributed by atoms with van der Waals surface area (Å²) in [5, 5.41) is 2.74. The van der Waals surface area contributed by atoms with Gasteiger partial charge in [-0.15, -0.1) is 17.9 Å². The number of aryl methyl sites for hydroxylation is 1. The molecule has 1 atom stereocenters. The molecule has 2 heterocycles. The molecule has 4 rings (SSSR count). The van der Waals surface area contributed by atoms with Crippen molar-refractivity contribution in [1.82, 2.24) is 9.80 Å². The van der Waals surface area contributed by atoms with Gasteiger partial charge >= 0.3 is 0 Å². The molecule has 176 valence electrons. The highest BCUT2D eigenvalue weighted by molar-refractivity contribution is 7.10. The van der Waals surface area contributed by atoms with Crippen molar-refractivity contribution in [2.24, 2.45) is 0 Å². The summed E-state index contributed by atoms with van der Waals surface area (Å²) in [6.45, 7) is 6.88. The van der Waals surface area contributed by atoms with Crippen molar-refractivity contribution in [3.8, 4) is 5.75 Å². The van der Waals surface area contributed by atoms with Crippen LogP contribution in [0.15, 0.2) is 72.6 Å². The van der Waals surface area contributed by atoms with Crippen molar-refractivity contribution in [3.05, 3.63) is 99.2 Å². The summed E-state index contributed by atoms with van der Waals surface area (Å²) >= 11 is 7.85. The van der Waals surface area contributed by atoms with E-state index in [4.69, 9.17) is 16.3 Å². The van der Waals surface area contributed by atoms with E-state index in [-0.39, 0.29) is 24.4 Å². The van der Waals surface area contributed by atoms with Gasteiger partial charge in [-0.3, -0.25) is 9.59 Å². The van der Waals surface area contributed by atoms with Crippen LogP contribution in [0.3, 0.4) is 0 Å². The Hall–Kier alpha value is -3.09. The first-order chi connectivity index (χ1) is 16.5. The molecule has 0 radical (unpaired) electrons. The minimum atomic E-state index is -0.226. The zero-order valence-electron chi connectivity index (χ0n) is 19.1. The van der Waals surface area contributed by atoms with Gasteiger partial charge in [0.2, 0.25) is 5.91 Å². The lowest BCUT2D eigenvalue weighted by Crippen LogP contribution is -2.47. The molecule has 5 nitrogen and oxygen atoms in total. The van der Waals surface area contributed by atoms with Gasteiger partial charge in [0, 0.05) is 28.6 Å². The van der Waals surface area contributed by atoms with Gasteiger partial charge in [0.05, 0.1) is 6.04 Å². The molecule has 7 heteroatoms. The lowest BCUT2D eigenvalue weighted by atomic mass is 10.0. The lowest BCUT2D eigenvalue weighted by molar-refractivity contribution is -0.135. The van der Waals surface area contributed by atoms with Crippen molar-refractivity contribution in [2.75, 3.05) is 26.2 Å². The monoisotopic (exact) mass is 494 g/mol. The van der Waals surface area contributed by atoms with E-state index in [0.717, 1.165) is 17.5 Å². The molecule has 1 aromatic heterocycles. The van der Waals surface area contributed by atoms with E-state index in [1.165, 1.54) is 9.78 Å². The Morgan fingerprint density at radius 2 is 2.03 bits per heavy atom. The number of nitrogens with zero attached hydrogens (tertiary/aromatic N) is 2. The summed E-state index contributed by atoms with van der Waals surface area (Å²) in [6.07, 6.45) is 2.44. The first-order valence-electron chi connectivity index (χ1n) is 11.2. The predicted molar refractivity (Wildman–Crippen MR) is 137 cm³/mol. The van der Waals surface area contributed by atoms with Gasteiger partial charge in [-0.25, -0.2) is 0 Å². The first kappa shape index (κ1) is 24.0. The number of ether oxygens (including phenoxy) is 1. The number of halogens is 1. The zero-order valence-corrected chi connectivity index (χ0v) is 20.6. The van der Waals surface area contributed by atoms with Gasteiger partial charge in [0.25, 0.3) is 5.91 Å². The SMILES string of the molecule is C=CCN(CC(=O)N1CCc2sccc2[C@@H]1COc1ccc(Cl)c(C)c1)C(=O)c1ccccc1. The quantitative estimate of drug-likeness (QED) is 0.386. The number of hydrogen-bond donors (Lipinski definition) is 0. The van der Waals surface area contributed by atoms with E-state index in [1.54, 1.807) is 29.5 Å². The minimum absolute atomic E-state index is 0.0181. The van der Waals surface area contributed by atoms with E-state index in [2.05, 4.69) is 18.0 Å². The number of benzene rings is 2. The van der Waals surface area contributed by atoms with Crippen LogP contribution in [-0.2, 0) is 11.2 Å². The maximum atomic E-state index is 13.5. The molecule has 0 fully saturated rings. The van der Waals surface area contributed by atoms with Crippen LogP contribution in [0.5, 0.6) is 5.75 Å². The molecular formula is C27H27ClN2O3S. The average Bonchev–Trinajstić information content (AvgIpc) is 3.33. The fourth-order valence-electron chi connectivity index (χ4n) is 4.15. The maximum Gasteiger partial charge on any atom is 0.254 e. The number of amides is 2. The van der Waals surface area contributed by atoms with E-state index in [1.807, 2.05) is 48.2 Å². The van der Waals surface area contributed by atoms with Crippen molar-refractivity contribution >= 4 is 34.8 Å². The highest BCUT2D eigenvalue weighted by atomic mass is 35.5. The number of carbonyl (C=O) groups excluding carboxylic acids is 2. The Bertz CT molecular complexity index is 1180. The van der Waals surface area contributed by atoms with Crippen LogP contribution < -0.4 is 4.74 Å². The Morgan fingerprint density at radius 1 is 1.24 bits per heavy atom. The molecule has 1 aliphatic heterocycles. The molecule has 0 bridgehead atoms. The molecule has 0 saturated heterocycles. The van der Waals surface area contributed by atoms with Gasteiger partial charge in [-0.1, -0.05) is 35.9 Å². The summed E-state index contributed by atoms with van der Waals surface area (Å²) in [7, 11) is 0. The molecule has 3 aromatic rings. The van der Waals surface area contributed by atoms with Gasteiger partial charge in [-0.2, -0.15) is 0 Å². The Labute approximate surface area is 209 Å². The van der Waals surface area contributed by atoms with Crippen molar-refractivity contribution < 1.29 is 14.3 Å². The number of carbonyl (C=O) groups is 2. The summed E-state index contributed by atoms with van der Waals surface area (Å²) in [4.78, 5) is 31.2. The molecule has 34 heavy (non-hydrogen) atoms. The smallest absolute Gasteiger partial charge is 0.254 e. The molecule has 1 aliphatic rings. The largest absolute Gasteiger partial charge is 0.491 e. The van der Waals surface area contributed by atoms with Crippen LogP contribution in [0.25, 0.3) is 0 Å². The fourth-order valence-corrected chi connectivity index (χ4v) is 5.20. The summed E-state index contributed by atoms with van der Waals surface area (Å²) in [5.74, 6) is 0.416. The molecule has 0 saturated carbocycles. The van der Waals surface area contributed by atoms with Crippen molar-refractivity contribution in [2.45, 2.75) is 19.4 Å². The molecular weight excluding hydrogens is 468 g/mol. The first-order valence-corrected chi connectivity index (χ1v) is 12.4. The van der Waals surface area contributed by atoms with Gasteiger partial charge in [-0.05, 0) is 66.2 Å². The van der Waals surface area contributed by atoms with E-state index in [9.17, 15) is 9.59 Å². The second-order valence-corrected chi connectivity index (χ2v) is 9.62. The van der Waals surface area contributed by atoms with Crippen LogP contribution in [0, 0.1) is 6.92 Å². The summed E-state index contributed by atoms with van der Waals surface area (Å²) in [5.41, 5.74) is 2.60. The third-order valence-electron chi connectivity index (χ3n) is 5.94. The molecule has 2 aromatic carbocycles. The molecule has 0 N–H and O–H groups in total. The number of fused-ring (bicyclic) bond motifs is 1. The van der Waals surface area contributed by atoms with Gasteiger partial charge in [0.1, 0.15) is 18.9 Å². The highest BCUT2D eigenvalue weighted by Crippen LogP contribution is 2.34. The van der Waals surface area contributed by atoms with E-state index >= 15 is 0 Å². The van der Waals surface area contributed by atoms with Crippen molar-refractivity contribution in [1.29, 1.82) is 0 Å².